The maximum Gasteiger partial charge on any atom is 0.231 e. The molecule has 0 bridgehead atoms. The number of carbonyl (C=O) groups excluding carboxylic acids is 2. The number of rotatable bonds is 5. The smallest absolute Gasteiger partial charge is 0.231 e. The number of nitrogens with zero attached hydrogens (tertiary/aromatic N) is 4. The van der Waals surface area contributed by atoms with E-state index in [-0.39, 0.29) is 30.3 Å². The standard InChI is InChI=1S/C11H13N5O.C3H4N2O/c12-6-9(17)10-11(13)16(15-14-10)7-8-4-2-1-3-5-8;4-2-1-3(5)6/h1-5H,6-7,12-13H2;1H2,(H2,5,6). The first-order valence-corrected chi connectivity index (χ1v) is 6.61. The average Bonchev–Trinajstić information content (AvgIpc) is 2.89. The van der Waals surface area contributed by atoms with Gasteiger partial charge in [0.05, 0.1) is 19.2 Å². The lowest BCUT2D eigenvalue weighted by atomic mass is 10.2. The zero-order chi connectivity index (χ0) is 17.2. The van der Waals surface area contributed by atoms with Crippen molar-refractivity contribution >= 4 is 17.5 Å². The van der Waals surface area contributed by atoms with Crippen LogP contribution in [0.3, 0.4) is 0 Å². The van der Waals surface area contributed by atoms with E-state index in [1.165, 1.54) is 4.68 Å². The topological polar surface area (TPSA) is 167 Å². The van der Waals surface area contributed by atoms with Gasteiger partial charge in [-0.25, -0.2) is 4.68 Å². The van der Waals surface area contributed by atoms with Crippen LogP contribution >= 0.6 is 0 Å². The molecule has 0 atom stereocenters. The molecule has 0 unspecified atom stereocenters. The van der Waals surface area contributed by atoms with Crippen molar-refractivity contribution in [2.24, 2.45) is 11.5 Å². The summed E-state index contributed by atoms with van der Waals surface area (Å²) in [6.07, 6.45) is -0.181. The van der Waals surface area contributed by atoms with E-state index in [0.717, 1.165) is 5.56 Å². The van der Waals surface area contributed by atoms with E-state index >= 15 is 0 Å². The van der Waals surface area contributed by atoms with Crippen LogP contribution in [0, 0.1) is 11.3 Å². The third-order valence-electron chi connectivity index (χ3n) is 2.65. The molecule has 120 valence electrons. The number of anilines is 1. The molecule has 23 heavy (non-hydrogen) atoms. The molecule has 0 saturated carbocycles. The molecule has 0 fully saturated rings. The monoisotopic (exact) mass is 315 g/mol. The maximum absolute atomic E-state index is 11.4. The van der Waals surface area contributed by atoms with Gasteiger partial charge in [-0.15, -0.1) is 5.10 Å². The molecule has 2 rings (SSSR count). The fraction of sp³-hybridized carbons (Fsp3) is 0.214. The van der Waals surface area contributed by atoms with Gasteiger partial charge in [-0.3, -0.25) is 9.59 Å². The highest BCUT2D eigenvalue weighted by Crippen LogP contribution is 2.10. The predicted octanol–water partition coefficient (Wildman–Crippen LogP) is -0.565. The summed E-state index contributed by atoms with van der Waals surface area (Å²) in [4.78, 5) is 21.0. The van der Waals surface area contributed by atoms with Gasteiger partial charge < -0.3 is 17.2 Å². The Labute approximate surface area is 132 Å². The lowest BCUT2D eigenvalue weighted by Gasteiger charge is -2.02. The molecule has 1 aromatic carbocycles. The van der Waals surface area contributed by atoms with Gasteiger partial charge in [0.2, 0.25) is 5.91 Å². The van der Waals surface area contributed by atoms with Gasteiger partial charge in [-0.1, -0.05) is 35.5 Å². The largest absolute Gasteiger partial charge is 0.382 e. The summed E-state index contributed by atoms with van der Waals surface area (Å²) in [5, 5.41) is 15.3. The first-order valence-electron chi connectivity index (χ1n) is 6.61. The molecule has 9 nitrogen and oxygen atoms in total. The van der Waals surface area contributed by atoms with Crippen LogP contribution in [-0.2, 0) is 11.3 Å². The van der Waals surface area contributed by atoms with Crippen LogP contribution in [0.25, 0.3) is 0 Å². The van der Waals surface area contributed by atoms with E-state index < -0.39 is 5.91 Å². The zero-order valence-electron chi connectivity index (χ0n) is 12.3. The molecule has 6 N–H and O–H groups in total. The van der Waals surface area contributed by atoms with Gasteiger partial charge >= 0.3 is 0 Å². The Morgan fingerprint density at radius 1 is 1.26 bits per heavy atom. The fourth-order valence-electron chi connectivity index (χ4n) is 1.57. The predicted molar refractivity (Wildman–Crippen MR) is 82.8 cm³/mol. The average molecular weight is 315 g/mol. The van der Waals surface area contributed by atoms with Gasteiger partial charge in [0.15, 0.2) is 17.3 Å². The molecule has 0 spiro atoms. The number of hydrogen-bond acceptors (Lipinski definition) is 7. The molecule has 2 aromatic rings. The SMILES string of the molecule is N#CCC(N)=O.NCC(=O)c1nnn(Cc2ccccc2)c1N. The second-order valence-electron chi connectivity index (χ2n) is 4.40. The number of ketones is 1. The second-order valence-corrected chi connectivity index (χ2v) is 4.40. The number of Topliss-reactive ketones (excluding diaryl/α,β-unsaturated/α-hetero) is 1. The minimum absolute atomic E-state index is 0.117. The Kier molecular flexibility index (Phi) is 6.90. The number of aromatic nitrogens is 3. The van der Waals surface area contributed by atoms with Crippen molar-refractivity contribution in [3.05, 3.63) is 41.6 Å². The Balaban J connectivity index is 0.000000379. The molecular formula is C14H17N7O2. The minimum Gasteiger partial charge on any atom is -0.382 e. The summed E-state index contributed by atoms with van der Waals surface area (Å²) in [5.41, 5.74) is 16.8. The number of benzene rings is 1. The molecule has 9 heteroatoms. The van der Waals surface area contributed by atoms with Crippen LogP contribution in [-0.4, -0.2) is 33.2 Å². The molecule has 1 heterocycles. The van der Waals surface area contributed by atoms with Crippen molar-refractivity contribution in [1.82, 2.24) is 15.0 Å². The quantitative estimate of drug-likeness (QED) is 0.621. The minimum atomic E-state index is -0.572. The lowest BCUT2D eigenvalue weighted by molar-refractivity contribution is -0.117. The summed E-state index contributed by atoms with van der Waals surface area (Å²) < 4.78 is 1.48. The van der Waals surface area contributed by atoms with Crippen molar-refractivity contribution in [2.75, 3.05) is 12.3 Å². The molecule has 1 amide bonds. The molecule has 0 saturated heterocycles. The van der Waals surface area contributed by atoms with E-state index in [4.69, 9.17) is 16.7 Å². The Morgan fingerprint density at radius 2 is 1.91 bits per heavy atom. The number of nitrogen functional groups attached to an aromatic ring is 1. The van der Waals surface area contributed by atoms with Crippen molar-refractivity contribution in [1.29, 1.82) is 5.26 Å². The van der Waals surface area contributed by atoms with Crippen molar-refractivity contribution in [2.45, 2.75) is 13.0 Å². The second kappa shape index (κ2) is 8.91. The number of primary amides is 1. The fourth-order valence-corrected chi connectivity index (χ4v) is 1.57. The third-order valence-corrected chi connectivity index (χ3v) is 2.65. The normalized spacial score (nSPS) is 9.39. The highest BCUT2D eigenvalue weighted by atomic mass is 16.1. The van der Waals surface area contributed by atoms with E-state index in [9.17, 15) is 9.59 Å². The van der Waals surface area contributed by atoms with Gasteiger partial charge in [-0.2, -0.15) is 5.26 Å². The van der Waals surface area contributed by atoms with Crippen LogP contribution in [0.1, 0.15) is 22.5 Å². The van der Waals surface area contributed by atoms with Crippen LogP contribution in [0.5, 0.6) is 0 Å². The molecular weight excluding hydrogens is 298 g/mol. The lowest BCUT2D eigenvalue weighted by Crippen LogP contribution is -2.16. The summed E-state index contributed by atoms with van der Waals surface area (Å²) >= 11 is 0. The third kappa shape index (κ3) is 5.56. The van der Waals surface area contributed by atoms with Crippen LogP contribution in [0.2, 0.25) is 0 Å². The Morgan fingerprint density at radius 3 is 2.39 bits per heavy atom. The summed E-state index contributed by atoms with van der Waals surface area (Å²) in [5.74, 6) is -0.622. The van der Waals surface area contributed by atoms with Gasteiger partial charge in [0, 0.05) is 0 Å². The summed E-state index contributed by atoms with van der Waals surface area (Å²) in [7, 11) is 0. The number of nitrogens with two attached hydrogens (primary N) is 3. The van der Waals surface area contributed by atoms with E-state index in [0.29, 0.717) is 6.54 Å². The van der Waals surface area contributed by atoms with Gasteiger partial charge in [0.1, 0.15) is 6.42 Å². The zero-order valence-corrected chi connectivity index (χ0v) is 12.3. The number of amides is 1. The van der Waals surface area contributed by atoms with Crippen LogP contribution in [0.15, 0.2) is 30.3 Å². The first kappa shape index (κ1) is 17.8. The summed E-state index contributed by atoms with van der Waals surface area (Å²) in [6.45, 7) is 0.367. The van der Waals surface area contributed by atoms with Crippen LogP contribution < -0.4 is 17.2 Å². The van der Waals surface area contributed by atoms with Crippen LogP contribution in [0.4, 0.5) is 5.82 Å². The number of carbonyl (C=O) groups is 2. The Bertz CT molecular complexity index is 704. The van der Waals surface area contributed by atoms with Crippen molar-refractivity contribution < 1.29 is 9.59 Å². The highest BCUT2D eigenvalue weighted by Gasteiger charge is 2.15. The Hall–Kier alpha value is -3.25. The van der Waals surface area contributed by atoms with Crippen molar-refractivity contribution in [3.63, 3.8) is 0 Å². The molecule has 0 aliphatic heterocycles. The van der Waals surface area contributed by atoms with E-state index in [1.54, 1.807) is 6.07 Å². The van der Waals surface area contributed by atoms with E-state index in [2.05, 4.69) is 16.0 Å². The first-order chi connectivity index (χ1) is 11.0. The molecule has 1 aromatic heterocycles. The van der Waals surface area contributed by atoms with E-state index in [1.807, 2.05) is 30.3 Å². The number of nitriles is 1. The maximum atomic E-state index is 11.4. The molecule has 0 radical (unpaired) electrons. The van der Waals surface area contributed by atoms with Gasteiger partial charge in [0.25, 0.3) is 0 Å². The summed E-state index contributed by atoms with van der Waals surface area (Å²) in [6, 6.07) is 11.3. The molecule has 0 aliphatic carbocycles. The number of hydrogen-bond donors (Lipinski definition) is 3. The highest BCUT2D eigenvalue weighted by molar-refractivity contribution is 5.99. The van der Waals surface area contributed by atoms with Crippen molar-refractivity contribution in [3.8, 4) is 6.07 Å². The molecule has 0 aliphatic rings. The van der Waals surface area contributed by atoms with Gasteiger partial charge in [-0.05, 0) is 5.56 Å².